The predicted octanol–water partition coefficient (Wildman–Crippen LogP) is 11.2. The maximum atomic E-state index is 5.39. The minimum absolute atomic E-state index is 0.0341. The van der Waals surface area contributed by atoms with Crippen LogP contribution >= 0.6 is 0 Å². The van der Waals surface area contributed by atoms with Crippen molar-refractivity contribution in [1.82, 2.24) is 4.98 Å². The number of hydrogen-bond acceptors (Lipinski definition) is 2. The maximum absolute atomic E-state index is 5.39. The van der Waals surface area contributed by atoms with Crippen LogP contribution in [0.4, 0.5) is 5.69 Å². The molecular formula is C40H42N2. The van der Waals surface area contributed by atoms with Gasteiger partial charge in [-0.25, -0.2) is 0 Å². The molecule has 0 amide bonds. The van der Waals surface area contributed by atoms with Crippen molar-refractivity contribution in [2.45, 2.75) is 82.1 Å². The molecule has 1 N–H and O–H groups in total. The van der Waals surface area contributed by atoms with E-state index in [9.17, 15) is 0 Å². The van der Waals surface area contributed by atoms with Crippen molar-refractivity contribution < 1.29 is 0 Å². The van der Waals surface area contributed by atoms with Crippen LogP contribution in [-0.2, 0) is 0 Å². The summed E-state index contributed by atoms with van der Waals surface area (Å²) in [7, 11) is 0. The highest BCUT2D eigenvalue weighted by atomic mass is 15.0. The molecule has 212 valence electrons. The van der Waals surface area contributed by atoms with E-state index in [0.717, 1.165) is 11.4 Å². The van der Waals surface area contributed by atoms with Crippen LogP contribution < -0.4 is 5.32 Å². The first-order valence-corrected chi connectivity index (χ1v) is 16.2. The zero-order chi connectivity index (χ0) is 28.1. The highest BCUT2D eigenvalue weighted by Crippen LogP contribution is 2.44. The Kier molecular flexibility index (Phi) is 8.04. The molecule has 7 rings (SSSR count). The quantitative estimate of drug-likeness (QED) is 0.218. The third-order valence-electron chi connectivity index (χ3n) is 9.77. The zero-order valence-electron chi connectivity index (χ0n) is 24.6. The largest absolute Gasteiger partial charge is 0.372 e. The molecule has 0 spiro atoms. The van der Waals surface area contributed by atoms with Gasteiger partial charge in [0.1, 0.15) is 0 Å². The van der Waals surface area contributed by atoms with Crippen LogP contribution in [0.5, 0.6) is 0 Å². The van der Waals surface area contributed by atoms with E-state index in [0.29, 0.717) is 11.8 Å². The lowest BCUT2D eigenvalue weighted by atomic mass is 9.78. The van der Waals surface area contributed by atoms with Crippen molar-refractivity contribution in [3.05, 3.63) is 132 Å². The average Bonchev–Trinajstić information content (AvgIpc) is 3.08. The van der Waals surface area contributed by atoms with Crippen LogP contribution in [0.2, 0.25) is 0 Å². The topological polar surface area (TPSA) is 24.9 Å². The number of hydrogen-bond donors (Lipinski definition) is 1. The fourth-order valence-corrected chi connectivity index (χ4v) is 7.59. The standard InChI is InChI=1S/C40H42N2/c1-4-15-30(16-5-1)34-24-13-25-35(31-17-6-2-7-18-31)40(34)42-39(32-20-8-3-9-21-32)38-28-14-27-37(41-38)36-26-12-22-29-19-10-11-23-33(29)36/h3,8-14,19-28,30-31,39,42H,1-2,4-7,15-18H2. The Hall–Kier alpha value is -3.91. The zero-order valence-corrected chi connectivity index (χ0v) is 24.6. The number of nitrogens with one attached hydrogen (secondary N) is 1. The number of rotatable bonds is 7. The molecule has 42 heavy (non-hydrogen) atoms. The highest BCUT2D eigenvalue weighted by molar-refractivity contribution is 5.95. The van der Waals surface area contributed by atoms with Gasteiger partial charge in [-0.05, 0) is 77.1 Å². The molecule has 2 saturated carbocycles. The molecule has 4 aromatic carbocycles. The van der Waals surface area contributed by atoms with E-state index in [-0.39, 0.29) is 6.04 Å². The summed E-state index contributed by atoms with van der Waals surface area (Å²) in [5, 5.41) is 6.69. The van der Waals surface area contributed by atoms with E-state index in [1.165, 1.54) is 103 Å². The smallest absolute Gasteiger partial charge is 0.0940 e. The van der Waals surface area contributed by atoms with Crippen molar-refractivity contribution in [3.63, 3.8) is 0 Å². The molecule has 0 aliphatic heterocycles. The number of anilines is 1. The summed E-state index contributed by atoms with van der Waals surface area (Å²) >= 11 is 0. The summed E-state index contributed by atoms with van der Waals surface area (Å²) in [5.74, 6) is 1.27. The lowest BCUT2D eigenvalue weighted by Crippen LogP contribution is -2.19. The molecule has 2 heteroatoms. The van der Waals surface area contributed by atoms with E-state index in [2.05, 4.69) is 115 Å². The molecule has 1 heterocycles. The van der Waals surface area contributed by atoms with Crippen molar-refractivity contribution in [1.29, 1.82) is 0 Å². The Bertz CT molecular complexity index is 1590. The molecule has 2 nitrogen and oxygen atoms in total. The molecule has 0 radical (unpaired) electrons. The van der Waals surface area contributed by atoms with Crippen LogP contribution in [0.15, 0.2) is 109 Å². The average molecular weight is 551 g/mol. The molecule has 1 atom stereocenters. The summed E-state index contributed by atoms with van der Waals surface area (Å²) < 4.78 is 0. The second-order valence-electron chi connectivity index (χ2n) is 12.4. The van der Waals surface area contributed by atoms with Crippen LogP contribution in [0.25, 0.3) is 22.0 Å². The number of para-hydroxylation sites is 1. The third-order valence-corrected chi connectivity index (χ3v) is 9.77. The Balaban J connectivity index is 1.34. The fourth-order valence-electron chi connectivity index (χ4n) is 7.59. The molecule has 5 aromatic rings. The van der Waals surface area contributed by atoms with Gasteiger partial charge in [-0.2, -0.15) is 0 Å². The van der Waals surface area contributed by atoms with Crippen molar-refractivity contribution >= 4 is 16.5 Å². The minimum atomic E-state index is -0.0341. The highest BCUT2D eigenvalue weighted by Gasteiger charge is 2.27. The Morgan fingerprint density at radius 1 is 0.548 bits per heavy atom. The van der Waals surface area contributed by atoms with Gasteiger partial charge in [-0.3, -0.25) is 4.98 Å². The summed E-state index contributed by atoms with van der Waals surface area (Å²) in [5.41, 5.74) is 9.00. The van der Waals surface area contributed by atoms with E-state index < -0.39 is 0 Å². The van der Waals surface area contributed by atoms with Gasteiger partial charge in [0.15, 0.2) is 0 Å². The summed E-state index contributed by atoms with van der Waals surface area (Å²) in [6.45, 7) is 0. The van der Waals surface area contributed by atoms with Crippen LogP contribution in [-0.4, -0.2) is 4.98 Å². The Morgan fingerprint density at radius 3 is 1.86 bits per heavy atom. The van der Waals surface area contributed by atoms with Crippen LogP contribution in [0.3, 0.4) is 0 Å². The molecule has 2 aliphatic rings. The van der Waals surface area contributed by atoms with Gasteiger partial charge in [-0.1, -0.05) is 136 Å². The number of aromatic nitrogens is 1. The number of benzene rings is 4. The molecule has 1 aromatic heterocycles. The van der Waals surface area contributed by atoms with E-state index >= 15 is 0 Å². The Morgan fingerprint density at radius 2 is 1.14 bits per heavy atom. The van der Waals surface area contributed by atoms with Gasteiger partial charge >= 0.3 is 0 Å². The molecule has 2 fully saturated rings. The van der Waals surface area contributed by atoms with Crippen LogP contribution in [0, 0.1) is 0 Å². The first kappa shape index (κ1) is 27.0. The molecule has 0 bridgehead atoms. The van der Waals surface area contributed by atoms with Crippen molar-refractivity contribution in [2.75, 3.05) is 5.32 Å². The number of fused-ring (bicyclic) bond motifs is 1. The molecule has 0 saturated heterocycles. The lowest BCUT2D eigenvalue weighted by Gasteiger charge is -2.32. The third kappa shape index (κ3) is 5.60. The van der Waals surface area contributed by atoms with Gasteiger partial charge in [0, 0.05) is 11.3 Å². The SMILES string of the molecule is c1ccc(C(Nc2c(C3CCCCC3)cccc2C2CCCCC2)c2cccc(-c3cccc4ccccc34)n2)cc1. The van der Waals surface area contributed by atoms with Gasteiger partial charge in [0.05, 0.1) is 17.4 Å². The Labute approximate surface area is 251 Å². The van der Waals surface area contributed by atoms with Crippen LogP contribution in [0.1, 0.15) is 104 Å². The first-order chi connectivity index (χ1) is 20.8. The van der Waals surface area contributed by atoms with E-state index in [1.807, 2.05) is 0 Å². The second-order valence-corrected chi connectivity index (χ2v) is 12.4. The van der Waals surface area contributed by atoms with Crippen molar-refractivity contribution in [3.8, 4) is 11.3 Å². The van der Waals surface area contributed by atoms with Gasteiger partial charge < -0.3 is 5.32 Å². The van der Waals surface area contributed by atoms with E-state index in [1.54, 1.807) is 0 Å². The molecule has 2 aliphatic carbocycles. The van der Waals surface area contributed by atoms with Gasteiger partial charge in [0.25, 0.3) is 0 Å². The second kappa shape index (κ2) is 12.5. The number of pyridine rings is 1. The summed E-state index contributed by atoms with van der Waals surface area (Å²) in [4.78, 5) is 5.39. The fraction of sp³-hybridized carbons (Fsp3) is 0.325. The predicted molar refractivity (Wildman–Crippen MR) is 177 cm³/mol. The monoisotopic (exact) mass is 550 g/mol. The number of nitrogens with zero attached hydrogens (tertiary/aromatic N) is 1. The first-order valence-electron chi connectivity index (χ1n) is 16.2. The maximum Gasteiger partial charge on any atom is 0.0940 e. The van der Waals surface area contributed by atoms with E-state index in [4.69, 9.17) is 4.98 Å². The minimum Gasteiger partial charge on any atom is -0.372 e. The van der Waals surface area contributed by atoms with Crippen molar-refractivity contribution in [2.24, 2.45) is 0 Å². The lowest BCUT2D eigenvalue weighted by molar-refractivity contribution is 0.436. The molecule has 1 unspecified atom stereocenters. The normalized spacial score (nSPS) is 17.2. The van der Waals surface area contributed by atoms with Gasteiger partial charge in [-0.15, -0.1) is 0 Å². The van der Waals surface area contributed by atoms with Gasteiger partial charge in [0.2, 0.25) is 0 Å². The molecular weight excluding hydrogens is 508 g/mol. The summed E-state index contributed by atoms with van der Waals surface area (Å²) in [6, 6.07) is 39.8. The summed E-state index contributed by atoms with van der Waals surface area (Å²) in [6.07, 6.45) is 13.3.